The van der Waals surface area contributed by atoms with Crippen LogP contribution in [0.25, 0.3) is 0 Å². The summed E-state index contributed by atoms with van der Waals surface area (Å²) in [7, 11) is 0. The Morgan fingerprint density at radius 2 is 1.96 bits per heavy atom. The van der Waals surface area contributed by atoms with Crippen LogP contribution < -0.4 is 15.4 Å². The fraction of sp³-hybridized carbons (Fsp3) is 0.588. The molecule has 0 aromatic heterocycles. The van der Waals surface area contributed by atoms with Gasteiger partial charge in [0.25, 0.3) is 0 Å². The summed E-state index contributed by atoms with van der Waals surface area (Å²) in [6.07, 6.45) is -0.206. The van der Waals surface area contributed by atoms with Crippen LogP contribution in [0.15, 0.2) is 24.3 Å². The van der Waals surface area contributed by atoms with Gasteiger partial charge in [0.15, 0.2) is 0 Å². The van der Waals surface area contributed by atoms with Crippen molar-refractivity contribution in [2.75, 3.05) is 26.3 Å². The van der Waals surface area contributed by atoms with Gasteiger partial charge >= 0.3 is 6.09 Å². The van der Waals surface area contributed by atoms with E-state index in [1.807, 2.05) is 38.1 Å². The lowest BCUT2D eigenvalue weighted by Gasteiger charge is -2.15. The van der Waals surface area contributed by atoms with E-state index in [9.17, 15) is 9.90 Å². The Morgan fingerprint density at radius 3 is 2.57 bits per heavy atom. The van der Waals surface area contributed by atoms with Gasteiger partial charge in [-0.15, -0.1) is 0 Å². The number of aliphatic hydroxyl groups is 1. The van der Waals surface area contributed by atoms with Gasteiger partial charge in [0.05, 0.1) is 6.61 Å². The molecule has 1 atom stereocenters. The average Bonchev–Trinajstić information content (AvgIpc) is 2.52. The van der Waals surface area contributed by atoms with E-state index in [4.69, 9.17) is 9.47 Å². The number of hydrogen-bond acceptors (Lipinski definition) is 5. The molecule has 6 heteroatoms. The maximum atomic E-state index is 11.1. The molecule has 23 heavy (non-hydrogen) atoms. The van der Waals surface area contributed by atoms with Crippen molar-refractivity contribution < 1.29 is 19.4 Å². The molecule has 0 saturated carbocycles. The van der Waals surface area contributed by atoms with Gasteiger partial charge in [0, 0.05) is 19.1 Å². The largest absolute Gasteiger partial charge is 0.491 e. The molecule has 3 N–H and O–H groups in total. The number of nitrogens with one attached hydrogen (secondary N) is 2. The number of amides is 1. The third-order valence-corrected chi connectivity index (χ3v) is 3.09. The molecule has 1 rings (SSSR count). The molecule has 1 unspecified atom stereocenters. The van der Waals surface area contributed by atoms with E-state index in [0.717, 1.165) is 17.7 Å². The Morgan fingerprint density at radius 1 is 1.26 bits per heavy atom. The van der Waals surface area contributed by atoms with Gasteiger partial charge in [-0.05, 0) is 31.0 Å². The maximum absolute atomic E-state index is 11.1. The first-order valence-electron chi connectivity index (χ1n) is 8.05. The maximum Gasteiger partial charge on any atom is 0.407 e. The number of hydrogen-bond donors (Lipinski definition) is 3. The first-order valence-corrected chi connectivity index (χ1v) is 8.05. The van der Waals surface area contributed by atoms with Crippen LogP contribution in [0.4, 0.5) is 4.79 Å². The second kappa shape index (κ2) is 10.9. The van der Waals surface area contributed by atoms with Gasteiger partial charge in [0.2, 0.25) is 0 Å². The summed E-state index contributed by atoms with van der Waals surface area (Å²) in [4.78, 5) is 11.1. The highest BCUT2D eigenvalue weighted by atomic mass is 16.5. The highest BCUT2D eigenvalue weighted by molar-refractivity contribution is 5.67. The minimum Gasteiger partial charge on any atom is -0.491 e. The van der Waals surface area contributed by atoms with Gasteiger partial charge < -0.3 is 25.2 Å². The van der Waals surface area contributed by atoms with E-state index in [1.165, 1.54) is 0 Å². The number of alkyl carbamates (subject to hydrolysis) is 1. The van der Waals surface area contributed by atoms with Crippen LogP contribution in [-0.4, -0.2) is 49.6 Å². The SMILES string of the molecule is CCOC(=O)NCCc1ccc(OCC(O)CNC(C)C)cc1. The van der Waals surface area contributed by atoms with Crippen molar-refractivity contribution in [3.8, 4) is 5.75 Å². The molecular formula is C17H28N2O4. The number of rotatable bonds is 10. The number of aliphatic hydroxyl groups excluding tert-OH is 1. The molecule has 0 radical (unpaired) electrons. The standard InChI is InChI=1S/C17H28N2O4/c1-4-22-17(21)18-10-9-14-5-7-16(8-6-14)23-12-15(20)11-19-13(2)3/h5-8,13,15,19-20H,4,9-12H2,1-3H3,(H,18,21). The Bertz CT molecular complexity index is 448. The third kappa shape index (κ3) is 9.05. The summed E-state index contributed by atoms with van der Waals surface area (Å²) >= 11 is 0. The highest BCUT2D eigenvalue weighted by Crippen LogP contribution is 2.12. The van der Waals surface area contributed by atoms with Gasteiger partial charge in [-0.2, -0.15) is 0 Å². The summed E-state index contributed by atoms with van der Waals surface area (Å²) < 4.78 is 10.3. The molecule has 130 valence electrons. The molecule has 1 aromatic rings. The lowest BCUT2D eigenvalue weighted by Crippen LogP contribution is -2.35. The summed E-state index contributed by atoms with van der Waals surface area (Å²) in [6, 6.07) is 7.96. The number of benzene rings is 1. The van der Waals surface area contributed by atoms with Crippen molar-refractivity contribution in [1.29, 1.82) is 0 Å². The fourth-order valence-electron chi connectivity index (χ4n) is 1.87. The van der Waals surface area contributed by atoms with E-state index >= 15 is 0 Å². The monoisotopic (exact) mass is 324 g/mol. The topological polar surface area (TPSA) is 79.8 Å². The molecule has 0 aliphatic rings. The smallest absolute Gasteiger partial charge is 0.407 e. The van der Waals surface area contributed by atoms with Crippen LogP contribution in [0.1, 0.15) is 26.3 Å². The van der Waals surface area contributed by atoms with E-state index in [-0.39, 0.29) is 6.61 Å². The van der Waals surface area contributed by atoms with Gasteiger partial charge in [0.1, 0.15) is 18.5 Å². The molecule has 1 aromatic carbocycles. The predicted molar refractivity (Wildman–Crippen MR) is 89.8 cm³/mol. The minimum absolute atomic E-state index is 0.253. The molecule has 0 saturated heterocycles. The van der Waals surface area contributed by atoms with Crippen LogP contribution in [0.3, 0.4) is 0 Å². The van der Waals surface area contributed by atoms with Crippen molar-refractivity contribution in [3.63, 3.8) is 0 Å². The van der Waals surface area contributed by atoms with Gasteiger partial charge in [-0.3, -0.25) is 0 Å². The normalized spacial score (nSPS) is 12.0. The second-order valence-electron chi connectivity index (χ2n) is 5.57. The van der Waals surface area contributed by atoms with Crippen LogP contribution >= 0.6 is 0 Å². The van der Waals surface area contributed by atoms with Crippen molar-refractivity contribution in [3.05, 3.63) is 29.8 Å². The number of carbonyl (C=O) groups excluding carboxylic acids is 1. The molecule has 1 amide bonds. The van der Waals surface area contributed by atoms with E-state index in [2.05, 4.69) is 10.6 Å². The van der Waals surface area contributed by atoms with E-state index in [1.54, 1.807) is 6.92 Å². The molecule has 0 bridgehead atoms. The van der Waals surface area contributed by atoms with Crippen molar-refractivity contribution in [1.82, 2.24) is 10.6 Å². The zero-order chi connectivity index (χ0) is 17.1. The van der Waals surface area contributed by atoms with Crippen LogP contribution in [0.5, 0.6) is 5.75 Å². The third-order valence-electron chi connectivity index (χ3n) is 3.09. The Labute approximate surface area is 138 Å². The van der Waals surface area contributed by atoms with Crippen LogP contribution in [0.2, 0.25) is 0 Å². The van der Waals surface area contributed by atoms with Crippen LogP contribution in [-0.2, 0) is 11.2 Å². The van der Waals surface area contributed by atoms with Gasteiger partial charge in [-0.25, -0.2) is 4.79 Å². The Hall–Kier alpha value is -1.79. The summed E-state index contributed by atoms with van der Waals surface area (Å²) in [5, 5.41) is 15.6. The second-order valence-corrected chi connectivity index (χ2v) is 5.57. The lowest BCUT2D eigenvalue weighted by atomic mass is 10.1. The van der Waals surface area contributed by atoms with Crippen molar-refractivity contribution in [2.45, 2.75) is 39.3 Å². The molecule has 6 nitrogen and oxygen atoms in total. The predicted octanol–water partition coefficient (Wildman–Crippen LogP) is 1.71. The zero-order valence-corrected chi connectivity index (χ0v) is 14.2. The van der Waals surface area contributed by atoms with Gasteiger partial charge in [-0.1, -0.05) is 26.0 Å². The molecule has 0 fully saturated rings. The van der Waals surface area contributed by atoms with E-state index < -0.39 is 12.2 Å². The molecular weight excluding hydrogens is 296 g/mol. The molecule has 0 heterocycles. The first-order chi connectivity index (χ1) is 11.0. The van der Waals surface area contributed by atoms with Crippen molar-refractivity contribution >= 4 is 6.09 Å². The Balaban J connectivity index is 2.26. The summed E-state index contributed by atoms with van der Waals surface area (Å²) in [6.45, 7) is 7.49. The minimum atomic E-state index is -0.536. The summed E-state index contributed by atoms with van der Waals surface area (Å²) in [5.74, 6) is 0.718. The van der Waals surface area contributed by atoms with Crippen LogP contribution in [0, 0.1) is 0 Å². The first kappa shape index (κ1) is 19.3. The molecule has 0 aliphatic carbocycles. The molecule has 0 aliphatic heterocycles. The van der Waals surface area contributed by atoms with E-state index in [0.29, 0.717) is 25.7 Å². The summed E-state index contributed by atoms with van der Waals surface area (Å²) in [5.41, 5.74) is 1.09. The number of carbonyl (C=O) groups is 1. The number of ether oxygens (including phenoxy) is 2. The molecule has 0 spiro atoms. The Kier molecular flexibility index (Phi) is 9.09. The quantitative estimate of drug-likeness (QED) is 0.610. The van der Waals surface area contributed by atoms with Crippen molar-refractivity contribution in [2.24, 2.45) is 0 Å². The average molecular weight is 324 g/mol. The zero-order valence-electron chi connectivity index (χ0n) is 14.2. The highest BCUT2D eigenvalue weighted by Gasteiger charge is 2.06. The fourth-order valence-corrected chi connectivity index (χ4v) is 1.87. The lowest BCUT2D eigenvalue weighted by molar-refractivity contribution is 0.104.